The van der Waals surface area contributed by atoms with Crippen LogP contribution in [-0.2, 0) is 6.18 Å². The summed E-state index contributed by atoms with van der Waals surface area (Å²) in [5.41, 5.74) is -0.149. The molecule has 4 rings (SSSR count). The van der Waals surface area contributed by atoms with Crippen LogP contribution in [0.5, 0.6) is 0 Å². The van der Waals surface area contributed by atoms with Crippen LogP contribution >= 0.6 is 22.9 Å². The standard InChI is InChI=1S/C17H7ClF3NOS/c18-13-15(23)10-4-2-1-3-9(10)14-16(13)24-12-7-8(17(19,20)21)5-6-11(12)22-14/h1-7H. The van der Waals surface area contributed by atoms with E-state index in [1.807, 2.05) is 0 Å². The average Bonchev–Trinajstić information content (AvgIpc) is 2.57. The zero-order valence-corrected chi connectivity index (χ0v) is 13.4. The molecule has 2 aliphatic rings. The Kier molecular flexibility index (Phi) is 3.30. The van der Waals surface area contributed by atoms with Crippen molar-refractivity contribution in [3.63, 3.8) is 0 Å². The Morgan fingerprint density at radius 3 is 2.46 bits per heavy atom. The Labute approximate surface area is 142 Å². The minimum atomic E-state index is -4.44. The van der Waals surface area contributed by atoms with Gasteiger partial charge in [0, 0.05) is 10.8 Å². The predicted molar refractivity (Wildman–Crippen MR) is 90.0 cm³/mol. The van der Waals surface area contributed by atoms with Crippen LogP contribution in [0.3, 0.4) is 0 Å². The number of alkyl halides is 3. The summed E-state index contributed by atoms with van der Waals surface area (Å²) in [4.78, 5) is 17.2. The Bertz CT molecular complexity index is 1140. The number of hydrogen-bond acceptors (Lipinski definition) is 3. The van der Waals surface area contributed by atoms with Gasteiger partial charge in [0.25, 0.3) is 0 Å². The van der Waals surface area contributed by atoms with Crippen LogP contribution in [-0.4, -0.2) is 4.98 Å². The molecule has 0 bridgehead atoms. The van der Waals surface area contributed by atoms with Crippen LogP contribution < -0.4 is 5.43 Å². The molecule has 0 radical (unpaired) electrons. The van der Waals surface area contributed by atoms with E-state index in [9.17, 15) is 18.0 Å². The third-order valence-electron chi connectivity index (χ3n) is 3.77. The van der Waals surface area contributed by atoms with Gasteiger partial charge in [0.1, 0.15) is 5.02 Å². The summed E-state index contributed by atoms with van der Waals surface area (Å²) in [5.74, 6) is 0. The van der Waals surface area contributed by atoms with E-state index in [0.717, 1.165) is 23.5 Å². The smallest absolute Gasteiger partial charge is 0.288 e. The first-order chi connectivity index (χ1) is 11.4. The molecular weight excluding hydrogens is 359 g/mol. The van der Waals surface area contributed by atoms with Crippen LogP contribution in [0.4, 0.5) is 13.2 Å². The van der Waals surface area contributed by atoms with Gasteiger partial charge in [0.05, 0.1) is 26.4 Å². The van der Waals surface area contributed by atoms with Gasteiger partial charge in [-0.15, -0.1) is 11.3 Å². The van der Waals surface area contributed by atoms with E-state index in [0.29, 0.717) is 31.6 Å². The Morgan fingerprint density at radius 1 is 1.04 bits per heavy atom. The van der Waals surface area contributed by atoms with Crippen molar-refractivity contribution in [1.82, 2.24) is 4.98 Å². The van der Waals surface area contributed by atoms with Crippen LogP contribution in [0.2, 0.25) is 5.02 Å². The van der Waals surface area contributed by atoms with Crippen LogP contribution in [0.1, 0.15) is 5.56 Å². The topological polar surface area (TPSA) is 30.0 Å². The summed E-state index contributed by atoms with van der Waals surface area (Å²) in [6.07, 6.45) is -4.44. The maximum Gasteiger partial charge on any atom is 0.416 e. The van der Waals surface area contributed by atoms with Crippen molar-refractivity contribution in [2.24, 2.45) is 0 Å². The number of aromatic nitrogens is 1. The molecule has 0 saturated carbocycles. The molecule has 0 aromatic heterocycles. The number of halogens is 4. The highest BCUT2D eigenvalue weighted by Gasteiger charge is 2.31. The summed E-state index contributed by atoms with van der Waals surface area (Å²) in [5, 5.41) is 1.07. The van der Waals surface area contributed by atoms with Gasteiger partial charge in [0.2, 0.25) is 5.43 Å². The van der Waals surface area contributed by atoms with E-state index in [2.05, 4.69) is 4.98 Å². The van der Waals surface area contributed by atoms with E-state index in [1.54, 1.807) is 24.3 Å². The van der Waals surface area contributed by atoms with E-state index in [1.165, 1.54) is 6.07 Å². The molecule has 24 heavy (non-hydrogen) atoms. The summed E-state index contributed by atoms with van der Waals surface area (Å²) in [6, 6.07) is 10.3. The predicted octanol–water partition coefficient (Wildman–Crippen LogP) is 5.59. The van der Waals surface area contributed by atoms with Crippen molar-refractivity contribution in [3.05, 3.63) is 63.3 Å². The fourth-order valence-electron chi connectivity index (χ4n) is 2.63. The van der Waals surface area contributed by atoms with Gasteiger partial charge >= 0.3 is 6.18 Å². The molecule has 0 N–H and O–H groups in total. The molecule has 1 aliphatic carbocycles. The minimum absolute atomic E-state index is 0.0134. The zero-order chi connectivity index (χ0) is 17.1. The van der Waals surface area contributed by atoms with Gasteiger partial charge in [0.15, 0.2) is 0 Å². The first-order valence-electron chi connectivity index (χ1n) is 6.88. The number of hydrogen-bond donors (Lipinski definition) is 0. The van der Waals surface area contributed by atoms with Crippen molar-refractivity contribution in [2.45, 2.75) is 6.18 Å². The van der Waals surface area contributed by atoms with E-state index >= 15 is 0 Å². The first-order valence-corrected chi connectivity index (χ1v) is 8.08. The molecule has 2 aromatic rings. The largest absolute Gasteiger partial charge is 0.416 e. The molecular formula is C17H7ClF3NOS. The summed E-state index contributed by atoms with van der Waals surface area (Å²) < 4.78 is 39.0. The van der Waals surface area contributed by atoms with Crippen LogP contribution in [0.25, 0.3) is 31.6 Å². The first kappa shape index (κ1) is 15.4. The minimum Gasteiger partial charge on any atom is -0.288 e. The van der Waals surface area contributed by atoms with Crippen molar-refractivity contribution >= 4 is 43.9 Å². The number of benzene rings is 3. The lowest BCUT2D eigenvalue weighted by Crippen LogP contribution is -2.07. The lowest BCUT2D eigenvalue weighted by atomic mass is 10.1. The Hall–Kier alpha value is -2.18. The lowest BCUT2D eigenvalue weighted by Gasteiger charge is -2.12. The molecule has 0 unspecified atom stereocenters. The van der Waals surface area contributed by atoms with Crippen molar-refractivity contribution < 1.29 is 13.2 Å². The molecule has 0 saturated heterocycles. The summed E-state index contributed by atoms with van der Waals surface area (Å²) in [7, 11) is 0. The average molecular weight is 366 g/mol. The van der Waals surface area contributed by atoms with Gasteiger partial charge < -0.3 is 0 Å². The molecule has 1 heterocycles. The molecule has 0 atom stereocenters. The molecule has 0 spiro atoms. The summed E-state index contributed by atoms with van der Waals surface area (Å²) >= 11 is 7.21. The number of rotatable bonds is 0. The van der Waals surface area contributed by atoms with Gasteiger partial charge in [-0.1, -0.05) is 35.9 Å². The van der Waals surface area contributed by atoms with Gasteiger partial charge in [-0.25, -0.2) is 4.98 Å². The molecule has 7 heteroatoms. The van der Waals surface area contributed by atoms with E-state index < -0.39 is 11.7 Å². The van der Waals surface area contributed by atoms with Gasteiger partial charge in [-0.2, -0.15) is 13.2 Å². The van der Waals surface area contributed by atoms with Crippen molar-refractivity contribution in [1.29, 1.82) is 0 Å². The van der Waals surface area contributed by atoms with Gasteiger partial charge in [-0.3, -0.25) is 4.79 Å². The number of nitrogens with zero attached hydrogens (tertiary/aromatic N) is 1. The highest BCUT2D eigenvalue weighted by Crippen LogP contribution is 2.40. The molecule has 2 nitrogen and oxygen atoms in total. The molecule has 120 valence electrons. The quantitative estimate of drug-likeness (QED) is 0.300. The fraction of sp³-hybridized carbons (Fsp3) is 0.0588. The second kappa shape index (κ2) is 5.16. The Morgan fingerprint density at radius 2 is 1.75 bits per heavy atom. The zero-order valence-electron chi connectivity index (χ0n) is 11.8. The molecule has 0 amide bonds. The third kappa shape index (κ3) is 2.25. The van der Waals surface area contributed by atoms with E-state index in [4.69, 9.17) is 11.6 Å². The summed E-state index contributed by atoms with van der Waals surface area (Å²) in [6.45, 7) is 0. The monoisotopic (exact) mass is 365 g/mol. The highest BCUT2D eigenvalue weighted by molar-refractivity contribution is 7.22. The van der Waals surface area contributed by atoms with Crippen molar-refractivity contribution in [2.75, 3.05) is 0 Å². The second-order valence-electron chi connectivity index (χ2n) is 5.26. The maximum atomic E-state index is 12.9. The lowest BCUT2D eigenvalue weighted by molar-refractivity contribution is -0.137. The van der Waals surface area contributed by atoms with E-state index in [-0.39, 0.29) is 10.5 Å². The second-order valence-corrected chi connectivity index (χ2v) is 6.69. The molecule has 2 aromatic carbocycles. The normalized spacial score (nSPS) is 12.3. The number of fused-ring (bicyclic) bond motifs is 4. The molecule has 0 fully saturated rings. The van der Waals surface area contributed by atoms with Gasteiger partial charge in [-0.05, 0) is 18.2 Å². The van der Waals surface area contributed by atoms with Crippen LogP contribution in [0.15, 0.2) is 47.3 Å². The molecule has 1 aliphatic heterocycles. The third-order valence-corrected chi connectivity index (χ3v) is 5.39. The van der Waals surface area contributed by atoms with Crippen LogP contribution in [0, 0.1) is 0 Å². The fourth-order valence-corrected chi connectivity index (χ4v) is 4.00. The SMILES string of the molecule is O=c1c(Cl)c2sc3cc(C(F)(F)F)ccc3nc-2c2ccccc12. The highest BCUT2D eigenvalue weighted by atomic mass is 35.5. The Balaban J connectivity index is 2.16. The van der Waals surface area contributed by atoms with Crippen molar-refractivity contribution in [3.8, 4) is 10.6 Å². The maximum absolute atomic E-state index is 12.9.